The van der Waals surface area contributed by atoms with E-state index < -0.39 is 0 Å². The SMILES string of the molecule is CC(C)c1cn2cccc2c(N2CC[C@H](NC(=O)c3ncn(N4CCC(O)CC4)n3)C2)n1.CCc1cn2cccc2c(N2CC[C@H](NC(=O)c3csc(N4CCC(O)CC4)n3)C2)n1.O=C(NC1CCN(c2nccn3ccnc23)C1)c1ncn(-c2ccc(F)cc2)n1.O=C(N[C@H]1CCN(c2nccn3ccnc23)C1)c1ccc(N2CCC(O)CC2)nn1. The summed E-state index contributed by atoms with van der Waals surface area (Å²) in [6.07, 6.45) is 33.6. The number of nitrogens with one attached hydrogen (secondary N) is 4. The predicted molar refractivity (Wildman–Crippen MR) is 456 cm³/mol. The van der Waals surface area contributed by atoms with Gasteiger partial charge in [0, 0.05) is 196 Å². The molecule has 7 fully saturated rings. The van der Waals surface area contributed by atoms with Gasteiger partial charge in [0.25, 0.3) is 23.6 Å². The van der Waals surface area contributed by atoms with Gasteiger partial charge in [0.15, 0.2) is 51.2 Å². The van der Waals surface area contributed by atoms with Crippen LogP contribution in [0.3, 0.4) is 0 Å². The molecule has 0 aliphatic carbocycles. The van der Waals surface area contributed by atoms with Crippen molar-refractivity contribution in [2.24, 2.45) is 0 Å². The number of nitrogens with zero attached hydrogens (tertiary/aromatic N) is 26. The summed E-state index contributed by atoms with van der Waals surface area (Å²) in [6, 6.07) is 17.6. The first-order chi connectivity index (χ1) is 59.4. The van der Waals surface area contributed by atoms with Gasteiger partial charge < -0.3 is 83.6 Å². The van der Waals surface area contributed by atoms with Gasteiger partial charge in [-0.3, -0.25) is 24.2 Å². The Labute approximate surface area is 705 Å². The fraction of sp³-hybridized carbons (Fsp3) is 0.434. The summed E-state index contributed by atoms with van der Waals surface area (Å²) in [5.41, 5.74) is 7.31. The quantitative estimate of drug-likeness (QED) is 0.0563. The molecule has 1 aromatic carbocycles. The van der Waals surface area contributed by atoms with Gasteiger partial charge in [-0.1, -0.05) is 20.8 Å². The Balaban J connectivity index is 0.000000116. The molecule has 37 nitrogen and oxygen atoms in total. The molecule has 13 aromatic rings. The maximum Gasteiger partial charge on any atom is 0.291 e. The van der Waals surface area contributed by atoms with Crippen molar-refractivity contribution in [2.75, 3.05) is 126 Å². The molecule has 7 aliphatic rings. The molecule has 39 heteroatoms. The zero-order valence-corrected chi connectivity index (χ0v) is 68.9. The number of anilines is 6. The van der Waals surface area contributed by atoms with Gasteiger partial charge in [0.05, 0.1) is 46.4 Å². The Bertz CT molecular complexity index is 5770. The number of carbonyl (C=O) groups is 4. The van der Waals surface area contributed by atoms with Crippen LogP contribution >= 0.6 is 11.3 Å². The molecule has 4 amide bonds. The number of halogens is 1. The van der Waals surface area contributed by atoms with Crippen molar-refractivity contribution in [3.63, 3.8) is 0 Å². The molecular weight excluding hydrogens is 1580 g/mol. The third-order valence-corrected chi connectivity index (χ3v) is 24.1. The number of thiazole rings is 1. The van der Waals surface area contributed by atoms with Gasteiger partial charge in [-0.15, -0.1) is 31.7 Å². The van der Waals surface area contributed by atoms with E-state index in [4.69, 9.17) is 9.97 Å². The van der Waals surface area contributed by atoms with E-state index in [1.54, 1.807) is 54.1 Å². The van der Waals surface area contributed by atoms with Crippen LogP contribution in [0.25, 0.3) is 28.0 Å². The first-order valence-corrected chi connectivity index (χ1v) is 42.7. The molecule has 0 radical (unpaired) electrons. The molecule has 1 unspecified atom stereocenters. The van der Waals surface area contributed by atoms with Crippen LogP contribution in [0.15, 0.2) is 153 Å². The molecular formula is C83H99FN30O7S. The number of hydrogen-bond acceptors (Lipinski definition) is 28. The highest BCUT2D eigenvalue weighted by Gasteiger charge is 2.34. The fourth-order valence-corrected chi connectivity index (χ4v) is 17.2. The summed E-state index contributed by atoms with van der Waals surface area (Å²) >= 11 is 1.50. The van der Waals surface area contributed by atoms with Crippen molar-refractivity contribution >= 4 is 91.5 Å². The van der Waals surface area contributed by atoms with E-state index in [0.29, 0.717) is 68.6 Å². The number of benzene rings is 1. The van der Waals surface area contributed by atoms with E-state index in [2.05, 4.69) is 166 Å². The highest BCUT2D eigenvalue weighted by molar-refractivity contribution is 7.14. The first kappa shape index (κ1) is 81.5. The van der Waals surface area contributed by atoms with Gasteiger partial charge >= 0.3 is 0 Å². The summed E-state index contributed by atoms with van der Waals surface area (Å²) < 4.78 is 22.6. The topological polar surface area (TPSA) is 395 Å². The largest absolute Gasteiger partial charge is 0.393 e. The van der Waals surface area contributed by atoms with Crippen LogP contribution in [0, 0.1) is 5.82 Å². The number of aliphatic hydroxyl groups is 3. The molecule has 20 rings (SSSR count). The minimum absolute atomic E-state index is 0.0131. The fourth-order valence-electron chi connectivity index (χ4n) is 16.4. The third kappa shape index (κ3) is 18.7. The van der Waals surface area contributed by atoms with E-state index in [-0.39, 0.29) is 83.6 Å². The summed E-state index contributed by atoms with van der Waals surface area (Å²) in [6.45, 7) is 16.9. The summed E-state index contributed by atoms with van der Waals surface area (Å²) in [5.74, 6) is 3.63. The number of aromatic nitrogens is 19. The number of fused-ring (bicyclic) bond motifs is 4. The molecule has 122 heavy (non-hydrogen) atoms. The highest BCUT2D eigenvalue weighted by atomic mass is 32.1. The van der Waals surface area contributed by atoms with Crippen LogP contribution < -0.4 is 55.7 Å². The summed E-state index contributed by atoms with van der Waals surface area (Å²) in [4.78, 5) is 106. The lowest BCUT2D eigenvalue weighted by Gasteiger charge is -2.30. The van der Waals surface area contributed by atoms with Gasteiger partial charge in [-0.2, -0.15) is 4.79 Å². The normalized spacial score (nSPS) is 19.2. The van der Waals surface area contributed by atoms with Crippen molar-refractivity contribution in [3.8, 4) is 5.69 Å². The Morgan fingerprint density at radius 3 is 1.48 bits per heavy atom. The number of hydrogen-bond donors (Lipinski definition) is 7. The lowest BCUT2D eigenvalue weighted by molar-refractivity contribution is 0.0921. The molecule has 4 atom stereocenters. The highest BCUT2D eigenvalue weighted by Crippen LogP contribution is 2.32. The average Bonchev–Trinajstić information content (AvgIpc) is 1.59. The smallest absolute Gasteiger partial charge is 0.291 e. The molecule has 0 spiro atoms. The van der Waals surface area contributed by atoms with E-state index in [0.717, 1.165) is 185 Å². The number of aliphatic hydroxyl groups excluding tert-OH is 3. The van der Waals surface area contributed by atoms with Gasteiger partial charge in [0.1, 0.15) is 24.2 Å². The lowest BCUT2D eigenvalue weighted by Crippen LogP contribution is -2.43. The number of piperidine rings is 3. The minimum Gasteiger partial charge on any atom is -0.393 e. The monoisotopic (exact) mass is 1680 g/mol. The molecule has 7 saturated heterocycles. The average molecular weight is 1680 g/mol. The molecule has 7 aliphatic heterocycles. The second-order valence-corrected chi connectivity index (χ2v) is 32.8. The second-order valence-electron chi connectivity index (χ2n) is 32.0. The van der Waals surface area contributed by atoms with E-state index in [1.165, 1.54) is 34.5 Å². The van der Waals surface area contributed by atoms with Crippen LogP contribution in [-0.4, -0.2) is 265 Å². The van der Waals surface area contributed by atoms with E-state index in [9.17, 15) is 38.9 Å². The zero-order valence-electron chi connectivity index (χ0n) is 68.1. The number of carbonyl (C=O) groups excluding carboxylic acids is 4. The van der Waals surface area contributed by atoms with Crippen LogP contribution in [0.2, 0.25) is 0 Å². The summed E-state index contributed by atoms with van der Waals surface area (Å²) in [5, 5.41) is 62.8. The van der Waals surface area contributed by atoms with Crippen molar-refractivity contribution < 1.29 is 38.9 Å². The molecule has 636 valence electrons. The Morgan fingerprint density at radius 2 is 0.943 bits per heavy atom. The molecule has 12 aromatic heterocycles. The molecule has 19 heterocycles. The summed E-state index contributed by atoms with van der Waals surface area (Å²) in [7, 11) is 0. The van der Waals surface area contributed by atoms with Crippen molar-refractivity contribution in [1.29, 1.82) is 0 Å². The van der Waals surface area contributed by atoms with Gasteiger partial charge in [-0.05, 0) is 137 Å². The Kier molecular flexibility index (Phi) is 24.4. The van der Waals surface area contributed by atoms with Crippen LogP contribution in [0.1, 0.15) is 145 Å². The van der Waals surface area contributed by atoms with Crippen molar-refractivity contribution in [2.45, 2.75) is 140 Å². The maximum absolute atomic E-state index is 13.1. The molecule has 7 N–H and O–H groups in total. The molecule has 0 bridgehead atoms. The number of imidazole rings is 2. The predicted octanol–water partition coefficient (Wildman–Crippen LogP) is 5.42. The lowest BCUT2D eigenvalue weighted by atomic mass is 10.1. The van der Waals surface area contributed by atoms with Crippen molar-refractivity contribution in [3.05, 3.63) is 193 Å². The maximum atomic E-state index is 13.1. The van der Waals surface area contributed by atoms with Crippen LogP contribution in [-0.2, 0) is 6.42 Å². The third-order valence-electron chi connectivity index (χ3n) is 23.2. The van der Waals surface area contributed by atoms with E-state index >= 15 is 0 Å². The number of amides is 4. The van der Waals surface area contributed by atoms with Crippen LogP contribution in [0.4, 0.5) is 38.6 Å². The minimum atomic E-state index is -0.343. The number of rotatable bonds is 18. The van der Waals surface area contributed by atoms with Gasteiger partial charge in [-0.25, -0.2) is 53.9 Å². The van der Waals surface area contributed by atoms with Crippen molar-refractivity contribution in [1.82, 2.24) is 114 Å². The van der Waals surface area contributed by atoms with Gasteiger partial charge in [0.2, 0.25) is 11.6 Å². The van der Waals surface area contributed by atoms with E-state index in [1.807, 2.05) is 68.4 Å². The Hall–Kier alpha value is -12.9. The van der Waals surface area contributed by atoms with Crippen LogP contribution in [0.5, 0.6) is 0 Å². The molecule has 0 saturated carbocycles. The zero-order chi connectivity index (χ0) is 83.9. The Morgan fingerprint density at radius 1 is 0.467 bits per heavy atom. The number of aryl methyl sites for hydroxylation is 1. The standard InChI is InChI=1S/C22H30N8O2.C22H28N6O2S.C20H24N8O2.C19H17FN8O/c1-15(2)18-13-27-8-3-4-19(27)21(25-18)28-9-5-16(12-28)24-22(32)20-23-14-30(26-20)29-10-6-17(31)7-11-29;1-2-15-12-27-8-3-4-19(27)20(23-15)28-9-5-16(13-28)24-21(30)18-14-31-22(25-18)26-10-6-17(29)7-11-26;29-15-4-9-26(10-5-15)17-2-1-16(24-25-17)20(30)23-14-3-8-28(13-14)19-18-21-6-11-27(18)12-7-22-19;20-13-1-3-15(4-2-13)28-12-23-16(25-28)19(29)24-14-5-8-27(11-14)18-17-21-6-9-26(17)10-7-22-18/h3-4,8,13-17,31H,5-7,9-12H2,1-2H3,(H,24,32);3-4,8,12,14,16-17,29H,2,5-7,9-11,13H2,1H3,(H,24,30);1-2,6-7,11-12,14-15,29H,3-5,8-10,13H2,(H,23,30);1-4,6-7,9-10,12,14H,5,8,11H2,(H,24,29)/t2*16-;14-;/m000./s1. The first-order valence-electron chi connectivity index (χ1n) is 41.8. The second kappa shape index (κ2) is 36.6.